The van der Waals surface area contributed by atoms with Gasteiger partial charge in [-0.25, -0.2) is 0 Å². The lowest BCUT2D eigenvalue weighted by Gasteiger charge is -2.40. The second kappa shape index (κ2) is 5.59. The normalized spacial score (nSPS) is 18.0. The van der Waals surface area contributed by atoms with Gasteiger partial charge in [-0.2, -0.15) is 0 Å². The number of benzene rings is 2. The van der Waals surface area contributed by atoms with Gasteiger partial charge in [-0.15, -0.1) is 0 Å². The number of amides is 1. The summed E-state index contributed by atoms with van der Waals surface area (Å²) in [6.07, 6.45) is 0.294. The summed E-state index contributed by atoms with van der Waals surface area (Å²) < 4.78 is 65.4. The highest BCUT2D eigenvalue weighted by molar-refractivity contribution is 9.09. The number of carbonyl (C=O) groups excluding carboxylic acids is 1. The minimum Gasteiger partial charge on any atom is -0.311 e. The second-order valence-electron chi connectivity index (χ2n) is 5.91. The van der Waals surface area contributed by atoms with Gasteiger partial charge in [-0.1, -0.05) is 65.2 Å². The van der Waals surface area contributed by atoms with E-state index in [2.05, 4.69) is 15.9 Å². The molecule has 0 aromatic heterocycles. The van der Waals surface area contributed by atoms with Crippen molar-refractivity contribution in [3.05, 3.63) is 58.6 Å². The topological polar surface area (TPSA) is 20.3 Å². The standard InChI is InChI=1S/C16H12BrClF5NOS/c17-15(11-1-4-12(18)5-2-11)16(25)24-8-7-10-3-6-13(9-14(10)24)26(19,20,21,22)23/h1-6,9,15H,7-8H2. The van der Waals surface area contributed by atoms with Gasteiger partial charge in [-0.05, 0) is 41.8 Å². The third-order valence-electron chi connectivity index (χ3n) is 4.04. The zero-order chi connectivity index (χ0) is 19.4. The molecule has 2 nitrogen and oxygen atoms in total. The molecule has 26 heavy (non-hydrogen) atoms. The van der Waals surface area contributed by atoms with Crippen LogP contribution in [0.5, 0.6) is 0 Å². The molecule has 0 saturated heterocycles. The van der Waals surface area contributed by atoms with E-state index in [1.807, 2.05) is 0 Å². The largest absolute Gasteiger partial charge is 0.311 e. The van der Waals surface area contributed by atoms with Gasteiger partial charge >= 0.3 is 10.2 Å². The molecule has 1 aliphatic heterocycles. The van der Waals surface area contributed by atoms with E-state index in [1.54, 1.807) is 24.3 Å². The Morgan fingerprint density at radius 2 is 1.69 bits per heavy atom. The van der Waals surface area contributed by atoms with Crippen molar-refractivity contribution in [3.63, 3.8) is 0 Å². The number of fused-ring (bicyclic) bond motifs is 1. The molecule has 1 unspecified atom stereocenters. The van der Waals surface area contributed by atoms with Crippen LogP contribution < -0.4 is 4.90 Å². The van der Waals surface area contributed by atoms with Crippen molar-refractivity contribution >= 4 is 49.3 Å². The maximum absolute atomic E-state index is 13.1. The fourth-order valence-electron chi connectivity index (χ4n) is 2.74. The molecule has 0 aliphatic carbocycles. The highest BCUT2D eigenvalue weighted by Gasteiger charge is 2.65. The van der Waals surface area contributed by atoms with Crippen molar-refractivity contribution in [1.82, 2.24) is 0 Å². The molecule has 0 radical (unpaired) electrons. The van der Waals surface area contributed by atoms with Crippen molar-refractivity contribution in [3.8, 4) is 0 Å². The van der Waals surface area contributed by atoms with E-state index < -0.39 is 25.9 Å². The minimum absolute atomic E-state index is 0.119. The van der Waals surface area contributed by atoms with Crippen LogP contribution in [0.4, 0.5) is 25.1 Å². The SMILES string of the molecule is O=C(C(Br)c1ccc(Cl)cc1)N1CCc2ccc(S(F)(F)(F)(F)F)cc21. The number of halogens is 7. The van der Waals surface area contributed by atoms with Gasteiger partial charge in [0.1, 0.15) is 9.72 Å². The average Bonchev–Trinajstić information content (AvgIpc) is 2.95. The average molecular weight is 477 g/mol. The van der Waals surface area contributed by atoms with E-state index in [9.17, 15) is 24.2 Å². The fraction of sp³-hybridized carbons (Fsp3) is 0.188. The zero-order valence-electron chi connectivity index (χ0n) is 12.9. The Kier molecular flexibility index (Phi) is 4.18. The molecule has 2 aromatic carbocycles. The van der Waals surface area contributed by atoms with Crippen LogP contribution >= 0.6 is 37.8 Å². The molecule has 2 aromatic rings. The summed E-state index contributed by atoms with van der Waals surface area (Å²) in [5, 5.41) is 0.466. The van der Waals surface area contributed by atoms with Gasteiger partial charge in [0, 0.05) is 17.3 Å². The van der Waals surface area contributed by atoms with Crippen molar-refractivity contribution in [2.24, 2.45) is 0 Å². The first-order chi connectivity index (χ1) is 11.8. The van der Waals surface area contributed by atoms with E-state index in [0.717, 1.165) is 11.0 Å². The van der Waals surface area contributed by atoms with Crippen LogP contribution in [-0.2, 0) is 11.2 Å². The zero-order valence-corrected chi connectivity index (χ0v) is 16.1. The Balaban J connectivity index is 1.96. The lowest BCUT2D eigenvalue weighted by Crippen LogP contribution is -2.31. The van der Waals surface area contributed by atoms with Crippen LogP contribution in [0.1, 0.15) is 16.0 Å². The van der Waals surface area contributed by atoms with Gasteiger partial charge < -0.3 is 4.90 Å². The predicted octanol–water partition coefficient (Wildman–Crippen LogP) is 7.02. The van der Waals surface area contributed by atoms with Gasteiger partial charge in [0.25, 0.3) is 0 Å². The number of alkyl halides is 1. The molecule has 3 rings (SSSR count). The third kappa shape index (κ3) is 3.84. The highest BCUT2D eigenvalue weighted by atomic mass is 79.9. The van der Waals surface area contributed by atoms with Crippen LogP contribution in [0.25, 0.3) is 0 Å². The smallest absolute Gasteiger partial charge is 0.310 e. The number of anilines is 1. The number of carbonyl (C=O) groups is 1. The summed E-state index contributed by atoms with van der Waals surface area (Å²) in [5.41, 5.74) is 0.829. The maximum Gasteiger partial charge on any atom is 0.310 e. The van der Waals surface area contributed by atoms with Gasteiger partial charge in [-0.3, -0.25) is 4.79 Å². The van der Waals surface area contributed by atoms with Crippen molar-refractivity contribution in [2.75, 3.05) is 11.4 Å². The Labute approximate surface area is 159 Å². The summed E-state index contributed by atoms with van der Waals surface area (Å²) in [5.74, 6) is -0.537. The first-order valence-corrected chi connectivity index (χ1v) is 10.6. The Hall–Kier alpha value is -1.32. The van der Waals surface area contributed by atoms with E-state index in [0.29, 0.717) is 34.7 Å². The first-order valence-electron chi connectivity index (χ1n) is 7.34. The Bertz CT molecular complexity index is 889. The van der Waals surface area contributed by atoms with Gasteiger partial charge in [0.05, 0.1) is 0 Å². The van der Waals surface area contributed by atoms with Crippen LogP contribution in [0, 0.1) is 0 Å². The molecular weight excluding hydrogens is 465 g/mol. The third-order valence-corrected chi connectivity index (χ3v) is 6.36. The molecule has 1 amide bonds. The second-order valence-corrected chi connectivity index (χ2v) is 9.67. The lowest BCUT2D eigenvalue weighted by atomic mass is 10.1. The minimum atomic E-state index is -9.82. The van der Waals surface area contributed by atoms with Crippen LogP contribution in [-0.4, -0.2) is 12.5 Å². The molecule has 0 saturated carbocycles. The Morgan fingerprint density at radius 1 is 1.08 bits per heavy atom. The molecular formula is C16H12BrClF5NOS. The highest BCUT2D eigenvalue weighted by Crippen LogP contribution is 3.02. The van der Waals surface area contributed by atoms with E-state index >= 15 is 0 Å². The van der Waals surface area contributed by atoms with Crippen LogP contribution in [0.15, 0.2) is 47.4 Å². The van der Waals surface area contributed by atoms with E-state index in [4.69, 9.17) is 11.6 Å². The first kappa shape index (κ1) is 19.4. The fourth-order valence-corrected chi connectivity index (χ4v) is 4.08. The maximum atomic E-state index is 13.1. The predicted molar refractivity (Wildman–Crippen MR) is 97.0 cm³/mol. The summed E-state index contributed by atoms with van der Waals surface area (Å²) in [6, 6.07) is 8.08. The quantitative estimate of drug-likeness (QED) is 0.344. The van der Waals surface area contributed by atoms with E-state index in [-0.39, 0.29) is 12.2 Å². The monoisotopic (exact) mass is 475 g/mol. The van der Waals surface area contributed by atoms with Crippen LogP contribution in [0.3, 0.4) is 0 Å². The molecule has 1 heterocycles. The van der Waals surface area contributed by atoms with Gasteiger partial charge in [0.2, 0.25) is 5.91 Å². The number of hydrogen-bond acceptors (Lipinski definition) is 1. The van der Waals surface area contributed by atoms with Crippen molar-refractivity contribution < 1.29 is 24.2 Å². The van der Waals surface area contributed by atoms with Crippen molar-refractivity contribution in [1.29, 1.82) is 0 Å². The van der Waals surface area contributed by atoms with Gasteiger partial charge in [0.15, 0.2) is 0 Å². The summed E-state index contributed by atoms with van der Waals surface area (Å²) in [4.78, 5) is 11.0. The molecule has 1 aliphatic rings. The number of nitrogens with zero attached hydrogens (tertiary/aromatic N) is 1. The number of hydrogen-bond donors (Lipinski definition) is 0. The molecule has 142 valence electrons. The molecule has 1 atom stereocenters. The lowest BCUT2D eigenvalue weighted by molar-refractivity contribution is -0.118. The van der Waals surface area contributed by atoms with E-state index in [1.165, 1.54) is 0 Å². The molecule has 10 heteroatoms. The van der Waals surface area contributed by atoms with Crippen LogP contribution in [0.2, 0.25) is 5.02 Å². The van der Waals surface area contributed by atoms with Crippen molar-refractivity contribution in [2.45, 2.75) is 16.1 Å². The summed E-state index contributed by atoms with van der Waals surface area (Å²) >= 11 is 9.01. The summed E-state index contributed by atoms with van der Waals surface area (Å²) in [7, 11) is -9.82. The number of rotatable bonds is 3. The Morgan fingerprint density at radius 3 is 2.27 bits per heavy atom. The molecule has 0 N–H and O–H groups in total. The molecule has 0 spiro atoms. The molecule has 0 fully saturated rings. The molecule has 0 bridgehead atoms. The summed E-state index contributed by atoms with van der Waals surface area (Å²) in [6.45, 7) is 0.119.